The lowest BCUT2D eigenvalue weighted by atomic mass is 10.1. The van der Waals surface area contributed by atoms with Gasteiger partial charge < -0.3 is 4.42 Å². The summed E-state index contributed by atoms with van der Waals surface area (Å²) < 4.78 is 5.16. The molecule has 0 atom stereocenters. The van der Waals surface area contributed by atoms with E-state index in [2.05, 4.69) is 0 Å². The average molecular weight is 363 g/mol. The molecule has 1 aliphatic heterocycles. The molecule has 1 fully saturated rings. The van der Waals surface area contributed by atoms with Crippen LogP contribution in [-0.4, -0.2) is 34.2 Å². The zero-order valence-electron chi connectivity index (χ0n) is 13.7. The van der Waals surface area contributed by atoms with Crippen LogP contribution in [0.1, 0.15) is 24.5 Å². The molecule has 1 saturated heterocycles. The first-order chi connectivity index (χ1) is 11.8. The van der Waals surface area contributed by atoms with Crippen molar-refractivity contribution in [3.05, 3.63) is 44.8 Å². The second-order valence-corrected chi connectivity index (χ2v) is 6.23. The quantitative estimate of drug-likeness (QED) is 0.473. The molecule has 1 aliphatic rings. The summed E-state index contributed by atoms with van der Waals surface area (Å²) in [5.41, 5.74) is 0.813. The van der Waals surface area contributed by atoms with Gasteiger partial charge in [-0.1, -0.05) is 18.5 Å². The summed E-state index contributed by atoms with van der Waals surface area (Å²) in [6, 6.07) is 3.74. The smallest absolute Gasteiger partial charge is 0.336 e. The van der Waals surface area contributed by atoms with Gasteiger partial charge in [0.25, 0.3) is 0 Å². The van der Waals surface area contributed by atoms with Gasteiger partial charge in [0.1, 0.15) is 5.58 Å². The maximum Gasteiger partial charge on any atom is 0.336 e. The lowest BCUT2D eigenvalue weighted by Crippen LogP contribution is -2.33. The lowest BCUT2D eigenvalue weighted by Gasteiger charge is -2.16. The minimum Gasteiger partial charge on any atom is -0.423 e. The number of halogens is 1. The molecule has 1 aromatic heterocycles. The van der Waals surface area contributed by atoms with E-state index in [1.807, 2.05) is 0 Å². The van der Waals surface area contributed by atoms with Crippen molar-refractivity contribution in [1.29, 1.82) is 0 Å². The van der Waals surface area contributed by atoms with Crippen molar-refractivity contribution >= 4 is 40.4 Å². The maximum absolute atomic E-state index is 12.3. The normalized spacial score (nSPS) is 14.9. The first kappa shape index (κ1) is 17.2. The van der Waals surface area contributed by atoms with E-state index in [9.17, 15) is 19.2 Å². The molecule has 7 nitrogen and oxygen atoms in total. The van der Waals surface area contributed by atoms with Crippen LogP contribution in [-0.2, 0) is 16.1 Å². The van der Waals surface area contributed by atoms with Crippen LogP contribution in [0.4, 0.5) is 4.79 Å². The van der Waals surface area contributed by atoms with Gasteiger partial charge in [0.2, 0.25) is 0 Å². The zero-order chi connectivity index (χ0) is 18.3. The first-order valence-corrected chi connectivity index (χ1v) is 8.11. The fourth-order valence-electron chi connectivity index (χ4n) is 2.76. The van der Waals surface area contributed by atoms with Gasteiger partial charge in [0.15, 0.2) is 0 Å². The number of carbonyl (C=O) groups is 3. The van der Waals surface area contributed by atoms with Crippen molar-refractivity contribution in [2.45, 2.75) is 26.8 Å². The van der Waals surface area contributed by atoms with Crippen LogP contribution < -0.4 is 5.63 Å². The minimum absolute atomic E-state index is 0.169. The highest BCUT2D eigenvalue weighted by atomic mass is 35.5. The third kappa shape index (κ3) is 2.91. The second-order valence-electron chi connectivity index (χ2n) is 5.82. The Bertz CT molecular complexity index is 965. The molecule has 0 bridgehead atoms. The predicted molar refractivity (Wildman–Crippen MR) is 90.2 cm³/mol. The molecule has 1 aromatic carbocycles. The summed E-state index contributed by atoms with van der Waals surface area (Å²) in [4.78, 5) is 50.0. The Kier molecular flexibility index (Phi) is 4.34. The molecule has 2 heterocycles. The van der Waals surface area contributed by atoms with Crippen molar-refractivity contribution in [3.8, 4) is 0 Å². The molecule has 25 heavy (non-hydrogen) atoms. The van der Waals surface area contributed by atoms with Crippen LogP contribution in [0.3, 0.4) is 0 Å². The van der Waals surface area contributed by atoms with Crippen molar-refractivity contribution in [2.24, 2.45) is 0 Å². The van der Waals surface area contributed by atoms with Gasteiger partial charge in [-0.2, -0.15) is 0 Å². The van der Waals surface area contributed by atoms with E-state index < -0.39 is 23.5 Å². The first-order valence-electron chi connectivity index (χ1n) is 7.73. The largest absolute Gasteiger partial charge is 0.423 e. The van der Waals surface area contributed by atoms with Gasteiger partial charge in [-0.15, -0.1) is 0 Å². The van der Waals surface area contributed by atoms with E-state index in [0.29, 0.717) is 28.0 Å². The van der Waals surface area contributed by atoms with Crippen LogP contribution in [0.5, 0.6) is 0 Å². The average Bonchev–Trinajstić information content (AvgIpc) is 2.75. The number of nitrogens with zero attached hydrogens (tertiary/aromatic N) is 2. The Hall–Kier alpha value is -2.67. The molecule has 0 unspecified atom stereocenters. The van der Waals surface area contributed by atoms with Crippen LogP contribution in [0.25, 0.3) is 11.0 Å². The van der Waals surface area contributed by atoms with Crippen molar-refractivity contribution < 1.29 is 18.8 Å². The van der Waals surface area contributed by atoms with Crippen LogP contribution in [0.15, 0.2) is 27.4 Å². The SMILES string of the molecule is CCCN1C(=O)C(=O)N(Cc2cc(=O)oc3cc(C)c(Cl)cc23)C1=O. The van der Waals surface area contributed by atoms with Gasteiger partial charge in [0.05, 0.1) is 6.54 Å². The highest BCUT2D eigenvalue weighted by Gasteiger charge is 2.43. The van der Waals surface area contributed by atoms with Gasteiger partial charge in [-0.05, 0) is 36.6 Å². The number of aryl methyl sites for hydroxylation is 1. The fraction of sp³-hybridized carbons (Fsp3) is 0.294. The molecule has 130 valence electrons. The Morgan fingerprint density at radius 1 is 1.04 bits per heavy atom. The number of benzene rings is 1. The molecule has 0 aliphatic carbocycles. The van der Waals surface area contributed by atoms with Gasteiger partial charge >= 0.3 is 23.5 Å². The molecule has 0 spiro atoms. The van der Waals surface area contributed by atoms with E-state index in [0.717, 1.165) is 15.4 Å². The number of fused-ring (bicyclic) bond motifs is 1. The van der Waals surface area contributed by atoms with E-state index in [1.54, 1.807) is 26.0 Å². The molecule has 0 saturated carbocycles. The van der Waals surface area contributed by atoms with E-state index in [4.69, 9.17) is 16.0 Å². The van der Waals surface area contributed by atoms with E-state index >= 15 is 0 Å². The van der Waals surface area contributed by atoms with Crippen molar-refractivity contribution in [2.75, 3.05) is 6.54 Å². The molecule has 2 aromatic rings. The standard InChI is InChI=1S/C17H15ClN2O5/c1-3-4-19-15(22)16(23)20(17(19)24)8-10-6-14(21)25-13-5-9(2)12(18)7-11(10)13/h5-7H,3-4,8H2,1-2H3. The topological polar surface area (TPSA) is 87.9 Å². The van der Waals surface area contributed by atoms with Crippen LogP contribution in [0, 0.1) is 6.92 Å². The molecule has 3 rings (SSSR count). The Labute approximate surface area is 147 Å². The summed E-state index contributed by atoms with van der Waals surface area (Å²) >= 11 is 6.13. The van der Waals surface area contributed by atoms with Crippen LogP contribution >= 0.6 is 11.6 Å². The number of urea groups is 1. The molecule has 0 N–H and O–H groups in total. The number of imide groups is 2. The summed E-state index contributed by atoms with van der Waals surface area (Å²) in [6.07, 6.45) is 0.547. The number of hydrogen-bond acceptors (Lipinski definition) is 5. The Balaban J connectivity index is 2.05. The van der Waals surface area contributed by atoms with Gasteiger partial charge in [0, 0.05) is 23.0 Å². The summed E-state index contributed by atoms with van der Waals surface area (Å²) in [5, 5.41) is 0.975. The second kappa shape index (κ2) is 6.33. The van der Waals surface area contributed by atoms with E-state index in [1.165, 1.54) is 6.07 Å². The number of carbonyl (C=O) groups excluding carboxylic acids is 3. The zero-order valence-corrected chi connectivity index (χ0v) is 14.4. The van der Waals surface area contributed by atoms with Crippen molar-refractivity contribution in [1.82, 2.24) is 9.80 Å². The minimum atomic E-state index is -0.905. The number of rotatable bonds is 4. The Morgan fingerprint density at radius 2 is 1.72 bits per heavy atom. The van der Waals surface area contributed by atoms with E-state index in [-0.39, 0.29) is 13.1 Å². The summed E-state index contributed by atoms with van der Waals surface area (Å²) in [6.45, 7) is 3.53. The van der Waals surface area contributed by atoms with Gasteiger partial charge in [-0.25, -0.2) is 9.59 Å². The molecule has 0 radical (unpaired) electrons. The predicted octanol–water partition coefficient (Wildman–Crippen LogP) is 2.46. The van der Waals surface area contributed by atoms with Gasteiger partial charge in [-0.3, -0.25) is 19.4 Å². The Morgan fingerprint density at radius 3 is 2.40 bits per heavy atom. The molecular formula is C17H15ClN2O5. The maximum atomic E-state index is 12.3. The molecule has 8 heteroatoms. The fourth-order valence-corrected chi connectivity index (χ4v) is 2.92. The number of hydrogen-bond donors (Lipinski definition) is 0. The monoisotopic (exact) mass is 362 g/mol. The van der Waals surface area contributed by atoms with Crippen LogP contribution in [0.2, 0.25) is 5.02 Å². The molecular weight excluding hydrogens is 348 g/mol. The number of amides is 4. The highest BCUT2D eigenvalue weighted by molar-refractivity contribution is 6.44. The van der Waals surface area contributed by atoms with Crippen molar-refractivity contribution in [3.63, 3.8) is 0 Å². The third-order valence-electron chi connectivity index (χ3n) is 4.02. The highest BCUT2D eigenvalue weighted by Crippen LogP contribution is 2.27. The lowest BCUT2D eigenvalue weighted by molar-refractivity contribution is -0.143. The summed E-state index contributed by atoms with van der Waals surface area (Å²) in [5.74, 6) is -1.76. The third-order valence-corrected chi connectivity index (χ3v) is 4.43. The molecule has 4 amide bonds. The summed E-state index contributed by atoms with van der Waals surface area (Å²) in [7, 11) is 0.